The zero-order chi connectivity index (χ0) is 23.7. The molecule has 0 unspecified atom stereocenters. The molecule has 0 spiro atoms. The van der Waals surface area contributed by atoms with Crippen molar-refractivity contribution in [2.75, 3.05) is 26.3 Å². The highest BCUT2D eigenvalue weighted by Crippen LogP contribution is 2.38. The number of amides is 4. The fraction of sp³-hybridized carbons (Fsp3) is 0.423. The number of hydrogen-bond donors (Lipinski definition) is 1. The van der Waals surface area contributed by atoms with E-state index in [0.717, 1.165) is 35.3 Å². The van der Waals surface area contributed by atoms with Gasteiger partial charge in [-0.2, -0.15) is 0 Å². The molecule has 0 bridgehead atoms. The van der Waals surface area contributed by atoms with E-state index in [1.54, 1.807) is 4.90 Å². The van der Waals surface area contributed by atoms with Gasteiger partial charge in [-0.25, -0.2) is 4.79 Å². The summed E-state index contributed by atoms with van der Waals surface area (Å²) in [5.74, 6) is 0.788. The van der Waals surface area contributed by atoms with E-state index >= 15 is 0 Å². The molecule has 34 heavy (non-hydrogen) atoms. The second kappa shape index (κ2) is 9.00. The van der Waals surface area contributed by atoms with E-state index in [-0.39, 0.29) is 24.4 Å². The largest absolute Gasteiger partial charge is 0.490 e. The molecular weight excluding hydrogens is 434 g/mol. The second-order valence-electron chi connectivity index (χ2n) is 8.95. The molecule has 3 aliphatic rings. The van der Waals surface area contributed by atoms with E-state index in [9.17, 15) is 14.4 Å². The van der Waals surface area contributed by atoms with Crippen LogP contribution in [0.25, 0.3) is 0 Å². The van der Waals surface area contributed by atoms with Crippen LogP contribution in [0.4, 0.5) is 4.79 Å². The van der Waals surface area contributed by atoms with Crippen LogP contribution in [-0.2, 0) is 15.1 Å². The summed E-state index contributed by atoms with van der Waals surface area (Å²) in [6, 6.07) is 14.3. The van der Waals surface area contributed by atoms with E-state index in [1.807, 2.05) is 55.5 Å². The number of nitrogens with zero attached hydrogens (tertiary/aromatic N) is 2. The Labute approximate surface area is 198 Å². The molecule has 0 aromatic heterocycles. The van der Waals surface area contributed by atoms with E-state index < -0.39 is 11.6 Å². The van der Waals surface area contributed by atoms with Crippen LogP contribution in [0.2, 0.25) is 0 Å². The molecule has 4 amide bonds. The highest BCUT2D eigenvalue weighted by Gasteiger charge is 2.52. The lowest BCUT2D eigenvalue weighted by Crippen LogP contribution is -2.45. The Morgan fingerprint density at radius 1 is 1.06 bits per heavy atom. The van der Waals surface area contributed by atoms with Crippen molar-refractivity contribution in [2.45, 2.75) is 44.2 Å². The average Bonchev–Trinajstić information content (AvgIpc) is 3.35. The fourth-order valence-electron chi connectivity index (χ4n) is 5.16. The summed E-state index contributed by atoms with van der Waals surface area (Å²) in [7, 11) is 0. The predicted octanol–water partition coefficient (Wildman–Crippen LogP) is 3.37. The van der Waals surface area contributed by atoms with Gasteiger partial charge in [0.15, 0.2) is 11.5 Å². The molecule has 2 aromatic rings. The highest BCUT2D eigenvalue weighted by atomic mass is 16.5. The van der Waals surface area contributed by atoms with Crippen LogP contribution >= 0.6 is 0 Å². The maximum Gasteiger partial charge on any atom is 0.325 e. The molecule has 0 aliphatic carbocycles. The summed E-state index contributed by atoms with van der Waals surface area (Å²) in [6.45, 7) is 3.38. The maximum absolute atomic E-state index is 13.4. The minimum atomic E-state index is -1.14. The van der Waals surface area contributed by atoms with Crippen LogP contribution in [0.3, 0.4) is 0 Å². The number of carbonyl (C=O) groups is 3. The van der Waals surface area contributed by atoms with E-state index in [2.05, 4.69) is 5.32 Å². The van der Waals surface area contributed by atoms with Crippen LogP contribution in [0.5, 0.6) is 11.5 Å². The van der Waals surface area contributed by atoms with Crippen molar-refractivity contribution in [1.82, 2.24) is 15.1 Å². The van der Waals surface area contributed by atoms with Gasteiger partial charge in [-0.05, 0) is 42.5 Å². The van der Waals surface area contributed by atoms with Crippen molar-refractivity contribution >= 4 is 17.8 Å². The van der Waals surface area contributed by atoms with Crippen molar-refractivity contribution in [3.63, 3.8) is 0 Å². The number of carbonyl (C=O) groups excluding carboxylic acids is 3. The van der Waals surface area contributed by atoms with Crippen LogP contribution in [0.15, 0.2) is 48.5 Å². The first-order valence-corrected chi connectivity index (χ1v) is 11.9. The molecule has 178 valence electrons. The highest BCUT2D eigenvalue weighted by molar-refractivity contribution is 6.09. The number of hydrogen-bond acceptors (Lipinski definition) is 5. The minimum absolute atomic E-state index is 0.129. The van der Waals surface area contributed by atoms with Crippen molar-refractivity contribution in [1.29, 1.82) is 0 Å². The van der Waals surface area contributed by atoms with Gasteiger partial charge in [0.25, 0.3) is 5.91 Å². The number of fused-ring (bicyclic) bond motifs is 1. The summed E-state index contributed by atoms with van der Waals surface area (Å²) >= 11 is 0. The van der Waals surface area contributed by atoms with Gasteiger partial charge in [0.1, 0.15) is 12.1 Å². The Bertz CT molecular complexity index is 1100. The van der Waals surface area contributed by atoms with Gasteiger partial charge in [0.2, 0.25) is 5.91 Å². The van der Waals surface area contributed by atoms with E-state index in [0.29, 0.717) is 37.7 Å². The van der Waals surface area contributed by atoms with Crippen LogP contribution in [-0.4, -0.2) is 53.9 Å². The molecular formula is C26H29N3O5. The zero-order valence-electron chi connectivity index (χ0n) is 19.3. The Kier molecular flexibility index (Phi) is 5.89. The van der Waals surface area contributed by atoms with Crippen molar-refractivity contribution in [3.05, 3.63) is 59.7 Å². The molecule has 2 fully saturated rings. The average molecular weight is 464 g/mol. The number of nitrogens with one attached hydrogen (secondary N) is 1. The third-order valence-electron chi connectivity index (χ3n) is 7.00. The number of rotatable bonds is 5. The number of ether oxygens (including phenoxy) is 2. The first-order valence-electron chi connectivity index (χ1n) is 11.9. The smallest absolute Gasteiger partial charge is 0.325 e. The summed E-state index contributed by atoms with van der Waals surface area (Å²) in [5.41, 5.74) is 0.550. The molecule has 2 atom stereocenters. The van der Waals surface area contributed by atoms with Gasteiger partial charge in [0, 0.05) is 13.0 Å². The first-order chi connectivity index (χ1) is 16.5. The standard InChI is InChI=1S/C26H29N3O5/c1-2-26(19-8-4-3-5-9-19)24(31)29(25(32)27-26)17-23(30)28-13-6-10-20(28)18-11-12-21-22(16-18)34-15-7-14-33-21/h3-5,8-9,11-12,16,20H,2,6-7,10,13-15,17H2,1H3,(H,27,32)/t20-,26+/m0/s1. The molecule has 1 N–H and O–H groups in total. The third kappa shape index (κ3) is 3.77. The molecule has 3 aliphatic heterocycles. The number of urea groups is 1. The lowest BCUT2D eigenvalue weighted by Gasteiger charge is -2.28. The van der Waals surface area contributed by atoms with Crippen molar-refractivity contribution < 1.29 is 23.9 Å². The Hall–Kier alpha value is -3.55. The molecule has 0 radical (unpaired) electrons. The SMILES string of the molecule is CC[C@]1(c2ccccc2)NC(=O)N(CC(=O)N2CCC[C@H]2c2ccc3c(c2)OCCCO3)C1=O. The Morgan fingerprint density at radius 2 is 1.82 bits per heavy atom. The topological polar surface area (TPSA) is 88.2 Å². The molecule has 5 rings (SSSR count). The normalized spacial score (nSPS) is 24.2. The van der Waals surface area contributed by atoms with Gasteiger partial charge in [-0.1, -0.05) is 43.3 Å². The monoisotopic (exact) mass is 463 g/mol. The quantitative estimate of drug-likeness (QED) is 0.687. The van der Waals surface area contributed by atoms with Crippen LogP contribution in [0.1, 0.15) is 49.8 Å². The van der Waals surface area contributed by atoms with E-state index in [1.165, 1.54) is 0 Å². The molecule has 8 nitrogen and oxygen atoms in total. The van der Waals surface area contributed by atoms with Crippen molar-refractivity contribution in [3.8, 4) is 11.5 Å². The number of imide groups is 1. The van der Waals surface area contributed by atoms with Gasteiger partial charge in [0.05, 0.1) is 19.3 Å². The molecule has 8 heteroatoms. The molecule has 3 heterocycles. The third-order valence-corrected chi connectivity index (χ3v) is 7.00. The maximum atomic E-state index is 13.4. The first kappa shape index (κ1) is 22.3. The van der Waals surface area contributed by atoms with Gasteiger partial charge < -0.3 is 19.7 Å². The van der Waals surface area contributed by atoms with Gasteiger partial charge in [-0.3, -0.25) is 14.5 Å². The summed E-state index contributed by atoms with van der Waals surface area (Å²) in [5, 5.41) is 2.85. The van der Waals surface area contributed by atoms with Crippen molar-refractivity contribution in [2.24, 2.45) is 0 Å². The Morgan fingerprint density at radius 3 is 2.59 bits per heavy atom. The predicted molar refractivity (Wildman–Crippen MR) is 124 cm³/mol. The fourth-order valence-corrected chi connectivity index (χ4v) is 5.16. The van der Waals surface area contributed by atoms with Crippen LogP contribution < -0.4 is 14.8 Å². The number of benzene rings is 2. The molecule has 2 aromatic carbocycles. The molecule has 2 saturated heterocycles. The lowest BCUT2D eigenvalue weighted by atomic mass is 9.87. The minimum Gasteiger partial charge on any atom is -0.490 e. The van der Waals surface area contributed by atoms with Gasteiger partial charge >= 0.3 is 6.03 Å². The molecule has 0 saturated carbocycles. The summed E-state index contributed by atoms with van der Waals surface area (Å²) < 4.78 is 11.5. The summed E-state index contributed by atoms with van der Waals surface area (Å²) in [4.78, 5) is 42.4. The second-order valence-corrected chi connectivity index (χ2v) is 8.95. The summed E-state index contributed by atoms with van der Waals surface area (Å²) in [6.07, 6.45) is 2.89. The van der Waals surface area contributed by atoms with Crippen LogP contribution in [0, 0.1) is 0 Å². The van der Waals surface area contributed by atoms with E-state index in [4.69, 9.17) is 9.47 Å². The number of likely N-dealkylation sites (tertiary alicyclic amines) is 1. The Balaban J connectivity index is 1.34. The zero-order valence-corrected chi connectivity index (χ0v) is 19.3. The lowest BCUT2D eigenvalue weighted by molar-refractivity contribution is -0.139. The van der Waals surface area contributed by atoms with Gasteiger partial charge in [-0.15, -0.1) is 0 Å².